The smallest absolute Gasteiger partial charge is 0.328 e. The van der Waals surface area contributed by atoms with Gasteiger partial charge < -0.3 is 5.11 Å². The summed E-state index contributed by atoms with van der Waals surface area (Å²) >= 11 is 0. The SMILES string of the molecule is O=C(O)/C=C/C=C/c1ccc([N+](=O)[O-])cc1. The van der Waals surface area contributed by atoms with Crippen LogP contribution in [-0.2, 0) is 4.79 Å². The number of nitrogens with zero attached hydrogens (tertiary/aromatic N) is 1. The molecule has 0 saturated carbocycles. The first kappa shape index (κ1) is 11.6. The Morgan fingerprint density at radius 1 is 1.25 bits per heavy atom. The van der Waals surface area contributed by atoms with Crippen molar-refractivity contribution in [1.82, 2.24) is 0 Å². The van der Waals surface area contributed by atoms with Crippen molar-refractivity contribution in [3.63, 3.8) is 0 Å². The molecule has 0 unspecified atom stereocenters. The van der Waals surface area contributed by atoms with Crippen molar-refractivity contribution in [3.05, 3.63) is 58.2 Å². The molecule has 82 valence electrons. The minimum Gasteiger partial charge on any atom is -0.478 e. The van der Waals surface area contributed by atoms with Gasteiger partial charge in [0.2, 0.25) is 0 Å². The van der Waals surface area contributed by atoms with Gasteiger partial charge in [-0.1, -0.05) is 18.2 Å². The first-order chi connectivity index (χ1) is 7.59. The number of carboxylic acid groups (broad SMARTS) is 1. The van der Waals surface area contributed by atoms with E-state index in [1.807, 2.05) is 0 Å². The molecule has 0 aliphatic rings. The molecule has 1 rings (SSSR count). The summed E-state index contributed by atoms with van der Waals surface area (Å²) in [6, 6.07) is 5.95. The fraction of sp³-hybridized carbons (Fsp3) is 0. The summed E-state index contributed by atoms with van der Waals surface area (Å²) in [5.74, 6) is -1.02. The highest BCUT2D eigenvalue weighted by Crippen LogP contribution is 2.12. The zero-order chi connectivity index (χ0) is 12.0. The quantitative estimate of drug-likeness (QED) is 0.364. The lowest BCUT2D eigenvalue weighted by molar-refractivity contribution is -0.384. The Morgan fingerprint density at radius 3 is 2.38 bits per heavy atom. The first-order valence-corrected chi connectivity index (χ1v) is 4.42. The van der Waals surface area contributed by atoms with Gasteiger partial charge in [-0.05, 0) is 17.7 Å². The Bertz CT molecular complexity index is 446. The Balaban J connectivity index is 2.69. The molecule has 0 aliphatic heterocycles. The van der Waals surface area contributed by atoms with E-state index in [-0.39, 0.29) is 5.69 Å². The highest BCUT2D eigenvalue weighted by atomic mass is 16.6. The normalized spacial score (nSPS) is 11.0. The van der Waals surface area contributed by atoms with Crippen molar-refractivity contribution in [1.29, 1.82) is 0 Å². The van der Waals surface area contributed by atoms with Crippen LogP contribution in [0.1, 0.15) is 5.56 Å². The number of aliphatic carboxylic acids is 1. The molecule has 0 heterocycles. The maximum atomic E-state index is 10.4. The van der Waals surface area contributed by atoms with Gasteiger partial charge in [0.25, 0.3) is 5.69 Å². The Hall–Kier alpha value is -2.43. The van der Waals surface area contributed by atoms with Crippen LogP contribution >= 0.6 is 0 Å². The number of benzene rings is 1. The van der Waals surface area contributed by atoms with Gasteiger partial charge in [-0.2, -0.15) is 0 Å². The van der Waals surface area contributed by atoms with Crippen LogP contribution in [0.4, 0.5) is 5.69 Å². The standard InChI is InChI=1S/C11H9NO4/c13-11(14)4-2-1-3-9-5-7-10(8-6-9)12(15)16/h1-8H,(H,13,14)/b3-1+,4-2+. The van der Waals surface area contributed by atoms with Crippen LogP contribution in [0.2, 0.25) is 0 Å². The second-order valence-electron chi connectivity index (χ2n) is 2.91. The molecule has 0 aliphatic carbocycles. The molecular formula is C11H9NO4. The summed E-state index contributed by atoms with van der Waals surface area (Å²) in [5.41, 5.74) is 0.791. The predicted molar refractivity (Wildman–Crippen MR) is 58.9 cm³/mol. The van der Waals surface area contributed by atoms with E-state index in [2.05, 4.69) is 0 Å². The van der Waals surface area contributed by atoms with Crippen molar-refractivity contribution >= 4 is 17.7 Å². The molecule has 1 aromatic carbocycles. The van der Waals surface area contributed by atoms with Gasteiger partial charge in [0.1, 0.15) is 0 Å². The van der Waals surface area contributed by atoms with Crippen molar-refractivity contribution in [2.75, 3.05) is 0 Å². The molecule has 0 radical (unpaired) electrons. The molecule has 5 nitrogen and oxygen atoms in total. The third kappa shape index (κ3) is 3.75. The highest BCUT2D eigenvalue weighted by Gasteiger charge is 2.01. The fourth-order valence-corrected chi connectivity index (χ4v) is 1.01. The number of allylic oxidation sites excluding steroid dienone is 2. The predicted octanol–water partition coefficient (Wildman–Crippen LogP) is 2.25. The lowest BCUT2D eigenvalue weighted by Gasteiger charge is -1.92. The van der Waals surface area contributed by atoms with Crippen LogP contribution in [0.25, 0.3) is 6.08 Å². The van der Waals surface area contributed by atoms with Gasteiger partial charge in [-0.25, -0.2) is 4.79 Å². The average molecular weight is 219 g/mol. The number of rotatable bonds is 4. The number of nitro groups is 1. The maximum absolute atomic E-state index is 10.4. The number of carbonyl (C=O) groups is 1. The summed E-state index contributed by atoms with van der Waals surface area (Å²) in [6.07, 6.45) is 5.59. The molecule has 1 N–H and O–H groups in total. The molecule has 16 heavy (non-hydrogen) atoms. The zero-order valence-electron chi connectivity index (χ0n) is 8.24. The summed E-state index contributed by atoms with van der Waals surface area (Å²) < 4.78 is 0. The van der Waals surface area contributed by atoms with Gasteiger partial charge >= 0.3 is 5.97 Å². The molecule has 0 amide bonds. The van der Waals surface area contributed by atoms with Crippen molar-refractivity contribution in [2.45, 2.75) is 0 Å². The zero-order valence-corrected chi connectivity index (χ0v) is 8.24. The second-order valence-corrected chi connectivity index (χ2v) is 2.91. The largest absolute Gasteiger partial charge is 0.478 e. The van der Waals surface area contributed by atoms with Crippen LogP contribution < -0.4 is 0 Å². The summed E-state index contributed by atoms with van der Waals surface area (Å²) in [4.78, 5) is 20.0. The molecule has 0 atom stereocenters. The average Bonchev–Trinajstić information content (AvgIpc) is 2.25. The molecule has 0 fully saturated rings. The lowest BCUT2D eigenvalue weighted by Crippen LogP contribution is -1.86. The van der Waals surface area contributed by atoms with E-state index >= 15 is 0 Å². The number of nitro benzene ring substituents is 1. The molecule has 0 saturated heterocycles. The molecule has 0 spiro atoms. The van der Waals surface area contributed by atoms with Gasteiger partial charge in [-0.3, -0.25) is 10.1 Å². The van der Waals surface area contributed by atoms with Crippen molar-refractivity contribution in [2.24, 2.45) is 0 Å². The van der Waals surface area contributed by atoms with Crippen molar-refractivity contribution in [3.8, 4) is 0 Å². The third-order valence-corrected chi connectivity index (χ3v) is 1.74. The summed E-state index contributed by atoms with van der Waals surface area (Å²) in [5, 5.41) is 18.7. The van der Waals surface area contributed by atoms with Crippen molar-refractivity contribution < 1.29 is 14.8 Å². The maximum Gasteiger partial charge on any atom is 0.328 e. The lowest BCUT2D eigenvalue weighted by atomic mass is 10.2. The number of non-ortho nitro benzene ring substituents is 1. The highest BCUT2D eigenvalue weighted by molar-refractivity contribution is 5.80. The number of hydrogen-bond donors (Lipinski definition) is 1. The first-order valence-electron chi connectivity index (χ1n) is 4.42. The van der Waals surface area contributed by atoms with Gasteiger partial charge in [0, 0.05) is 18.2 Å². The second kappa shape index (κ2) is 5.45. The molecule has 5 heteroatoms. The fourth-order valence-electron chi connectivity index (χ4n) is 1.01. The Kier molecular flexibility index (Phi) is 3.97. The minimum atomic E-state index is -1.02. The summed E-state index contributed by atoms with van der Waals surface area (Å²) in [7, 11) is 0. The van der Waals surface area contributed by atoms with Crippen LogP contribution in [0.3, 0.4) is 0 Å². The van der Waals surface area contributed by atoms with E-state index in [4.69, 9.17) is 5.11 Å². The minimum absolute atomic E-state index is 0.0261. The van der Waals surface area contributed by atoms with E-state index in [9.17, 15) is 14.9 Å². The van der Waals surface area contributed by atoms with Crippen LogP contribution in [0.5, 0.6) is 0 Å². The van der Waals surface area contributed by atoms with Crippen LogP contribution in [0.15, 0.2) is 42.5 Å². The number of hydrogen-bond acceptors (Lipinski definition) is 3. The van der Waals surface area contributed by atoms with Gasteiger partial charge in [0.05, 0.1) is 4.92 Å². The summed E-state index contributed by atoms with van der Waals surface area (Å²) in [6.45, 7) is 0. The van der Waals surface area contributed by atoms with Gasteiger partial charge in [-0.15, -0.1) is 0 Å². The Labute approximate surface area is 91.5 Å². The number of carboxylic acids is 1. The van der Waals surface area contributed by atoms with E-state index in [1.54, 1.807) is 24.3 Å². The van der Waals surface area contributed by atoms with Crippen LogP contribution in [0, 0.1) is 10.1 Å². The van der Waals surface area contributed by atoms with Crippen LogP contribution in [-0.4, -0.2) is 16.0 Å². The molecule has 0 bridgehead atoms. The molecule has 1 aromatic rings. The van der Waals surface area contributed by atoms with E-state index in [0.717, 1.165) is 11.6 Å². The Morgan fingerprint density at radius 2 is 1.88 bits per heavy atom. The van der Waals surface area contributed by atoms with E-state index < -0.39 is 10.9 Å². The topological polar surface area (TPSA) is 80.4 Å². The van der Waals surface area contributed by atoms with E-state index in [1.165, 1.54) is 18.2 Å². The monoisotopic (exact) mass is 219 g/mol. The third-order valence-electron chi connectivity index (χ3n) is 1.74. The van der Waals surface area contributed by atoms with E-state index in [0.29, 0.717) is 0 Å². The molecular weight excluding hydrogens is 210 g/mol. The van der Waals surface area contributed by atoms with Gasteiger partial charge in [0.15, 0.2) is 0 Å². The molecule has 0 aromatic heterocycles.